The Morgan fingerprint density at radius 3 is 0.781 bits per heavy atom. The summed E-state index contributed by atoms with van der Waals surface area (Å²) in [4.78, 5) is 0. The first-order chi connectivity index (χ1) is 31.4. The molecule has 0 aliphatic carbocycles. The third-order valence-electron chi connectivity index (χ3n) is 14.6. The maximum absolute atomic E-state index is 13.2. The Morgan fingerprint density at radius 1 is 0.281 bits per heavy atom. The Bertz CT molecular complexity index is 1570. The number of hydrogen-bond donors (Lipinski definition) is 0. The summed E-state index contributed by atoms with van der Waals surface area (Å²) in [6.45, 7) is 18.7. The quantitative estimate of drug-likeness (QED) is 0.0471. The maximum Gasteiger partial charge on any atom is 0.211 e. The largest absolute Gasteiger partial charge is 0.493 e. The van der Waals surface area contributed by atoms with Gasteiger partial charge in [0.05, 0.1) is 0 Å². The normalized spacial score (nSPS) is 13.1. The molecule has 0 aromatic heterocycles. The number of allylic oxidation sites excluding steroid dienone is 2. The van der Waals surface area contributed by atoms with E-state index in [0.717, 1.165) is 56.3 Å². The lowest BCUT2D eigenvalue weighted by atomic mass is 9.85. The van der Waals surface area contributed by atoms with E-state index < -0.39 is 0 Å². The van der Waals surface area contributed by atoms with Crippen molar-refractivity contribution in [3.8, 4) is 0 Å². The highest BCUT2D eigenvalue weighted by Gasteiger charge is 2.36. The fourth-order valence-electron chi connectivity index (χ4n) is 10.7. The molecule has 0 radical (unpaired) electrons. The molecule has 0 saturated heterocycles. The fourth-order valence-corrected chi connectivity index (χ4v) is 10.7. The summed E-state index contributed by atoms with van der Waals surface area (Å²) in [5.74, 6) is 0. The highest BCUT2D eigenvalue weighted by Crippen LogP contribution is 2.46. The van der Waals surface area contributed by atoms with Crippen LogP contribution in [-0.2, 0) is 38.5 Å². The van der Waals surface area contributed by atoms with Crippen LogP contribution >= 0.6 is 0 Å². The SMILES string of the molecule is CCCCCCC1=C(c2cc(CCCCCC)c(CCCCCC)c(CCCCCC)c2)[N+](=[N-])C(c2cc(CCCCCC)c(CCCCCC)c(CCCCCC)c2)=C1CCCC. The van der Waals surface area contributed by atoms with E-state index in [9.17, 15) is 5.53 Å². The second-order valence-electron chi connectivity index (χ2n) is 20.3. The first-order valence-corrected chi connectivity index (χ1v) is 28.7. The molecule has 0 fully saturated rings. The molecule has 2 heteroatoms. The minimum absolute atomic E-state index is 1.04. The van der Waals surface area contributed by atoms with Crippen molar-refractivity contribution < 1.29 is 4.70 Å². The highest BCUT2D eigenvalue weighted by molar-refractivity contribution is 5.83. The zero-order valence-electron chi connectivity index (χ0n) is 44.1. The van der Waals surface area contributed by atoms with Crippen LogP contribution < -0.4 is 0 Å². The molecule has 64 heavy (non-hydrogen) atoms. The molecule has 0 N–H and O–H groups in total. The molecule has 2 aromatic carbocycles. The molecular weight excluding hydrogens is 773 g/mol. The zero-order chi connectivity index (χ0) is 46.2. The third kappa shape index (κ3) is 19.0. The molecule has 1 aliphatic rings. The predicted molar refractivity (Wildman–Crippen MR) is 286 cm³/mol. The minimum atomic E-state index is 1.04. The van der Waals surface area contributed by atoms with Crippen molar-refractivity contribution in [3.63, 3.8) is 0 Å². The van der Waals surface area contributed by atoms with E-state index >= 15 is 0 Å². The van der Waals surface area contributed by atoms with Crippen LogP contribution in [0.1, 0.15) is 305 Å². The summed E-state index contributed by atoms with van der Waals surface area (Å²) in [5, 5.41) is 0. The second-order valence-corrected chi connectivity index (χ2v) is 20.3. The van der Waals surface area contributed by atoms with E-state index in [1.165, 1.54) is 221 Å². The van der Waals surface area contributed by atoms with Crippen molar-refractivity contribution in [2.45, 2.75) is 299 Å². The molecule has 1 heterocycles. The van der Waals surface area contributed by atoms with Crippen molar-refractivity contribution in [2.75, 3.05) is 0 Å². The molecule has 2 nitrogen and oxygen atoms in total. The first-order valence-electron chi connectivity index (χ1n) is 28.7. The van der Waals surface area contributed by atoms with Crippen LogP contribution in [0, 0.1) is 0 Å². The van der Waals surface area contributed by atoms with Gasteiger partial charge in [0, 0.05) is 22.3 Å². The zero-order valence-corrected chi connectivity index (χ0v) is 44.1. The predicted octanol–water partition coefficient (Wildman–Crippen LogP) is 20.8. The number of rotatable bonds is 40. The molecule has 0 saturated carbocycles. The lowest BCUT2D eigenvalue weighted by Gasteiger charge is -2.20. The van der Waals surface area contributed by atoms with Gasteiger partial charge >= 0.3 is 0 Å². The van der Waals surface area contributed by atoms with Gasteiger partial charge in [-0.15, -0.1) is 0 Å². The molecule has 2 aromatic rings. The van der Waals surface area contributed by atoms with Crippen LogP contribution in [-0.4, -0.2) is 4.70 Å². The van der Waals surface area contributed by atoms with Crippen LogP contribution in [0.2, 0.25) is 0 Å². The molecule has 362 valence electrons. The molecular formula is C62H104N2. The van der Waals surface area contributed by atoms with Gasteiger partial charge in [0.25, 0.3) is 0 Å². The van der Waals surface area contributed by atoms with E-state index in [1.807, 2.05) is 0 Å². The Kier molecular flexibility index (Phi) is 30.3. The number of aryl methyl sites for hydroxylation is 4. The maximum atomic E-state index is 13.2. The summed E-state index contributed by atoms with van der Waals surface area (Å²) in [5.41, 5.74) is 30.6. The summed E-state index contributed by atoms with van der Waals surface area (Å²) in [6.07, 6.45) is 47.6. The summed E-state index contributed by atoms with van der Waals surface area (Å²) >= 11 is 0. The van der Waals surface area contributed by atoms with Crippen molar-refractivity contribution in [3.05, 3.63) is 85.5 Å². The van der Waals surface area contributed by atoms with Gasteiger partial charge in [-0.1, -0.05) is 197 Å². The van der Waals surface area contributed by atoms with E-state index in [2.05, 4.69) is 79.7 Å². The Labute approximate surface area is 399 Å². The van der Waals surface area contributed by atoms with E-state index in [1.54, 1.807) is 38.1 Å². The molecule has 3 rings (SSSR count). The van der Waals surface area contributed by atoms with E-state index in [-0.39, 0.29) is 0 Å². The van der Waals surface area contributed by atoms with Gasteiger partial charge in [0.15, 0.2) is 0 Å². The Hall–Kier alpha value is -2.48. The van der Waals surface area contributed by atoms with Crippen LogP contribution in [0.3, 0.4) is 0 Å². The van der Waals surface area contributed by atoms with Gasteiger partial charge in [-0.05, 0) is 160 Å². The lowest BCUT2D eigenvalue weighted by Crippen LogP contribution is -2.09. The van der Waals surface area contributed by atoms with Crippen molar-refractivity contribution in [1.29, 1.82) is 0 Å². The summed E-state index contributed by atoms with van der Waals surface area (Å²) in [6, 6.07) is 10.4. The van der Waals surface area contributed by atoms with E-state index in [0.29, 0.717) is 0 Å². The number of unbranched alkanes of at least 4 members (excludes halogenated alkanes) is 22. The second kappa shape index (κ2) is 34.8. The van der Waals surface area contributed by atoms with Crippen molar-refractivity contribution in [1.82, 2.24) is 0 Å². The van der Waals surface area contributed by atoms with Gasteiger partial charge in [0.1, 0.15) is 0 Å². The lowest BCUT2D eigenvalue weighted by molar-refractivity contribution is -0.345. The van der Waals surface area contributed by atoms with Crippen LogP contribution in [0.25, 0.3) is 16.9 Å². The molecule has 0 bridgehead atoms. The van der Waals surface area contributed by atoms with Crippen molar-refractivity contribution >= 4 is 11.4 Å². The topological polar surface area (TPSA) is 25.3 Å². The standard InChI is InChI=1S/C62H104N2/c1-9-17-25-32-39-51-47-55(48-52(40-33-26-18-10-2)57(51)44-36-29-21-13-5)61-59(43-24-16-8)60(46-38-31-23-15-7)62(64(61)63)56-49-53(41-34-27-19-11-3)58(45-37-30-22-14-6)54(50-56)42-35-28-20-12-4/h47-50H,9-46H2,1-8H3. The van der Waals surface area contributed by atoms with Crippen LogP contribution in [0.4, 0.5) is 0 Å². The average Bonchev–Trinajstić information content (AvgIpc) is 3.58. The summed E-state index contributed by atoms with van der Waals surface area (Å²) in [7, 11) is 0. The first kappa shape index (κ1) is 55.8. The van der Waals surface area contributed by atoms with Gasteiger partial charge in [-0.25, -0.2) is 4.70 Å². The van der Waals surface area contributed by atoms with Gasteiger partial charge in [0.2, 0.25) is 11.4 Å². The van der Waals surface area contributed by atoms with Gasteiger partial charge in [-0.2, -0.15) is 0 Å². The Morgan fingerprint density at radius 2 is 0.516 bits per heavy atom. The van der Waals surface area contributed by atoms with Gasteiger partial charge in [-0.3, -0.25) is 0 Å². The molecule has 0 unspecified atom stereocenters. The van der Waals surface area contributed by atoms with Crippen molar-refractivity contribution in [2.24, 2.45) is 0 Å². The monoisotopic (exact) mass is 877 g/mol. The van der Waals surface area contributed by atoms with E-state index in [4.69, 9.17) is 0 Å². The summed E-state index contributed by atoms with van der Waals surface area (Å²) < 4.78 is 1.77. The smallest absolute Gasteiger partial charge is 0.211 e. The molecule has 0 amide bonds. The fraction of sp³-hybridized carbons (Fsp3) is 0.742. The van der Waals surface area contributed by atoms with Crippen LogP contribution in [0.15, 0.2) is 35.4 Å². The highest BCUT2D eigenvalue weighted by atomic mass is 15.2. The molecule has 1 aliphatic heterocycles. The number of hydrogen-bond acceptors (Lipinski definition) is 0. The molecule has 0 spiro atoms. The minimum Gasteiger partial charge on any atom is -0.493 e. The average molecular weight is 878 g/mol. The number of nitrogens with zero attached hydrogens (tertiary/aromatic N) is 2. The number of benzene rings is 2. The molecule has 0 atom stereocenters. The Balaban J connectivity index is 2.35. The third-order valence-corrected chi connectivity index (χ3v) is 14.6. The van der Waals surface area contributed by atoms with Gasteiger partial charge < -0.3 is 5.53 Å². The van der Waals surface area contributed by atoms with Crippen LogP contribution in [0.5, 0.6) is 0 Å².